The maximum atomic E-state index is 12.5. The number of nitrogens with zero attached hydrogens (tertiary/aromatic N) is 3. The van der Waals surface area contributed by atoms with Crippen molar-refractivity contribution in [3.63, 3.8) is 0 Å². The molecule has 0 saturated carbocycles. The number of nitriles is 1. The van der Waals surface area contributed by atoms with Gasteiger partial charge in [0, 0.05) is 0 Å². The predicted molar refractivity (Wildman–Crippen MR) is 98.1 cm³/mol. The molecule has 1 aromatic carbocycles. The number of amides is 1. The van der Waals surface area contributed by atoms with Gasteiger partial charge in [0.1, 0.15) is 11.3 Å². The summed E-state index contributed by atoms with van der Waals surface area (Å²) in [7, 11) is -1.26. The van der Waals surface area contributed by atoms with Crippen LogP contribution in [0.5, 0.6) is 23.5 Å². The Kier molecular flexibility index (Phi) is 6.97. The van der Waals surface area contributed by atoms with E-state index in [0.29, 0.717) is 0 Å². The lowest BCUT2D eigenvalue weighted by atomic mass is 10.2. The van der Waals surface area contributed by atoms with E-state index in [4.69, 9.17) is 31.1 Å². The lowest BCUT2D eigenvalue weighted by molar-refractivity contribution is 0.0979. The summed E-state index contributed by atoms with van der Waals surface area (Å²) in [5.74, 6) is -1.35. The van der Waals surface area contributed by atoms with E-state index < -0.39 is 21.7 Å². The van der Waals surface area contributed by atoms with Crippen molar-refractivity contribution in [2.75, 3.05) is 20.0 Å². The highest BCUT2D eigenvalue weighted by atomic mass is 35.5. The van der Waals surface area contributed by atoms with E-state index in [9.17, 15) is 13.2 Å². The SMILES string of the molecule is COc1cc(OC)nc(Oc2cccc(Cl)c2C(=O)NS(=O)(=O)CCC#N)n1. The topological polar surface area (TPSA) is 140 Å². The number of halogens is 1. The molecule has 0 spiro atoms. The second-order valence-corrected chi connectivity index (χ2v) is 7.36. The maximum absolute atomic E-state index is 12.5. The fourth-order valence-corrected chi connectivity index (χ4v) is 3.07. The molecule has 0 saturated heterocycles. The minimum atomic E-state index is -4.03. The fourth-order valence-electron chi connectivity index (χ4n) is 1.97. The number of nitrogens with one attached hydrogen (secondary N) is 1. The molecule has 0 aliphatic heterocycles. The number of rotatable bonds is 8. The molecule has 1 N–H and O–H groups in total. The first kappa shape index (κ1) is 21.2. The minimum Gasteiger partial charge on any atom is -0.481 e. The van der Waals surface area contributed by atoms with E-state index in [0.717, 1.165) is 0 Å². The standard InChI is InChI=1S/C16H15ClN4O6S/c1-25-12-9-13(26-2)20-16(19-12)27-11-6-3-5-10(17)14(11)15(22)21-28(23,24)8-4-7-18/h3,5-6,9H,4,8H2,1-2H3,(H,21,22). The molecule has 1 heterocycles. The van der Waals surface area contributed by atoms with Crippen molar-refractivity contribution in [1.29, 1.82) is 5.26 Å². The number of sulfonamides is 1. The monoisotopic (exact) mass is 426 g/mol. The molecule has 12 heteroatoms. The van der Waals surface area contributed by atoms with Gasteiger partial charge in [0.25, 0.3) is 5.91 Å². The average molecular weight is 427 g/mol. The van der Waals surface area contributed by atoms with Crippen LogP contribution in [0.3, 0.4) is 0 Å². The Balaban J connectivity index is 2.37. The van der Waals surface area contributed by atoms with E-state index in [2.05, 4.69) is 9.97 Å². The summed E-state index contributed by atoms with van der Waals surface area (Å²) >= 11 is 6.06. The molecule has 28 heavy (non-hydrogen) atoms. The van der Waals surface area contributed by atoms with Crippen LogP contribution >= 0.6 is 11.6 Å². The molecular weight excluding hydrogens is 412 g/mol. The molecule has 0 unspecified atom stereocenters. The van der Waals surface area contributed by atoms with Gasteiger partial charge in [-0.25, -0.2) is 13.1 Å². The maximum Gasteiger partial charge on any atom is 0.328 e. The number of hydrogen-bond donors (Lipinski definition) is 1. The van der Waals surface area contributed by atoms with Crippen LogP contribution in [0.25, 0.3) is 0 Å². The van der Waals surface area contributed by atoms with Gasteiger partial charge in [-0.3, -0.25) is 4.79 Å². The van der Waals surface area contributed by atoms with Crippen LogP contribution in [0, 0.1) is 11.3 Å². The van der Waals surface area contributed by atoms with Crippen LogP contribution in [0.1, 0.15) is 16.8 Å². The third-order valence-corrected chi connectivity index (χ3v) is 4.76. The molecule has 10 nitrogen and oxygen atoms in total. The molecule has 2 rings (SSSR count). The number of hydrogen-bond acceptors (Lipinski definition) is 9. The van der Waals surface area contributed by atoms with Crippen LogP contribution in [0.4, 0.5) is 0 Å². The van der Waals surface area contributed by atoms with Crippen molar-refractivity contribution < 1.29 is 27.4 Å². The number of benzene rings is 1. The zero-order valence-corrected chi connectivity index (χ0v) is 16.4. The molecule has 0 bridgehead atoms. The first-order valence-corrected chi connectivity index (χ1v) is 9.68. The second kappa shape index (κ2) is 9.20. The van der Waals surface area contributed by atoms with Gasteiger partial charge in [0.05, 0.1) is 43.6 Å². The summed E-state index contributed by atoms with van der Waals surface area (Å²) in [4.78, 5) is 20.4. The molecule has 0 atom stereocenters. The quantitative estimate of drug-likeness (QED) is 0.669. The zero-order valence-electron chi connectivity index (χ0n) is 14.8. The molecule has 0 aliphatic carbocycles. The number of carbonyl (C=O) groups excluding carboxylic acids is 1. The van der Waals surface area contributed by atoms with Crippen LogP contribution in [0.15, 0.2) is 24.3 Å². The third kappa shape index (κ3) is 5.45. The molecule has 0 radical (unpaired) electrons. The van der Waals surface area contributed by atoms with Crippen molar-refractivity contribution in [2.24, 2.45) is 0 Å². The van der Waals surface area contributed by atoms with E-state index in [-0.39, 0.29) is 40.5 Å². The van der Waals surface area contributed by atoms with Crippen LogP contribution in [0.2, 0.25) is 5.02 Å². The number of carbonyl (C=O) groups is 1. The average Bonchev–Trinajstić information content (AvgIpc) is 2.65. The molecular formula is C16H15ClN4O6S. The largest absolute Gasteiger partial charge is 0.481 e. The van der Waals surface area contributed by atoms with Crippen molar-refractivity contribution in [2.45, 2.75) is 6.42 Å². The molecule has 2 aromatic rings. The third-order valence-electron chi connectivity index (χ3n) is 3.21. The minimum absolute atomic E-state index is 0.0552. The van der Waals surface area contributed by atoms with Gasteiger partial charge < -0.3 is 14.2 Å². The smallest absolute Gasteiger partial charge is 0.328 e. The zero-order chi connectivity index (χ0) is 20.7. The molecule has 0 aliphatic rings. The summed E-state index contributed by atoms with van der Waals surface area (Å²) in [6.07, 6.45) is -0.272. The van der Waals surface area contributed by atoms with E-state index in [1.807, 2.05) is 4.72 Å². The van der Waals surface area contributed by atoms with Crippen molar-refractivity contribution in [1.82, 2.24) is 14.7 Å². The van der Waals surface area contributed by atoms with E-state index in [1.54, 1.807) is 6.07 Å². The van der Waals surface area contributed by atoms with Crippen molar-refractivity contribution >= 4 is 27.5 Å². The number of aromatic nitrogens is 2. The van der Waals surface area contributed by atoms with Gasteiger partial charge in [0.15, 0.2) is 0 Å². The summed E-state index contributed by atoms with van der Waals surface area (Å²) in [5.41, 5.74) is -0.241. The first-order valence-electron chi connectivity index (χ1n) is 7.65. The highest BCUT2D eigenvalue weighted by Crippen LogP contribution is 2.30. The van der Waals surface area contributed by atoms with E-state index in [1.165, 1.54) is 38.5 Å². The Morgan fingerprint density at radius 1 is 1.25 bits per heavy atom. The van der Waals surface area contributed by atoms with E-state index >= 15 is 0 Å². The summed E-state index contributed by atoms with van der Waals surface area (Å²) in [6.45, 7) is 0. The van der Waals surface area contributed by atoms with Crippen LogP contribution in [-0.2, 0) is 10.0 Å². The van der Waals surface area contributed by atoms with Crippen molar-refractivity contribution in [3.8, 4) is 29.6 Å². The van der Waals surface area contributed by atoms with Gasteiger partial charge in [-0.2, -0.15) is 15.2 Å². The van der Waals surface area contributed by atoms with Crippen LogP contribution < -0.4 is 18.9 Å². The van der Waals surface area contributed by atoms with Gasteiger partial charge in [-0.15, -0.1) is 0 Å². The Hall–Kier alpha value is -3.10. The van der Waals surface area contributed by atoms with Gasteiger partial charge in [-0.1, -0.05) is 17.7 Å². The normalized spacial score (nSPS) is 10.6. The first-order chi connectivity index (χ1) is 13.3. The van der Waals surface area contributed by atoms with Crippen molar-refractivity contribution in [3.05, 3.63) is 34.9 Å². The number of methoxy groups -OCH3 is 2. The Bertz CT molecular complexity index is 1000. The molecule has 0 fully saturated rings. The molecule has 1 aromatic heterocycles. The number of ether oxygens (including phenoxy) is 3. The van der Waals surface area contributed by atoms with Crippen LogP contribution in [-0.4, -0.2) is 44.3 Å². The summed E-state index contributed by atoms with van der Waals surface area (Å²) in [5, 5.41) is 8.46. The molecule has 1 amide bonds. The highest BCUT2D eigenvalue weighted by Gasteiger charge is 2.23. The van der Waals surface area contributed by atoms with Gasteiger partial charge >= 0.3 is 6.01 Å². The summed E-state index contributed by atoms with van der Waals surface area (Å²) < 4.78 is 41.2. The summed E-state index contributed by atoms with van der Waals surface area (Å²) in [6, 6.07) is 7.17. The Morgan fingerprint density at radius 3 is 2.46 bits per heavy atom. The highest BCUT2D eigenvalue weighted by molar-refractivity contribution is 7.90. The second-order valence-electron chi connectivity index (χ2n) is 5.11. The van der Waals surface area contributed by atoms with Gasteiger partial charge in [-0.05, 0) is 12.1 Å². The van der Waals surface area contributed by atoms with Gasteiger partial charge in [0.2, 0.25) is 21.8 Å². The Morgan fingerprint density at radius 2 is 1.89 bits per heavy atom. The lowest BCUT2D eigenvalue weighted by Crippen LogP contribution is -2.32. The molecule has 148 valence electrons. The Labute approximate surface area is 166 Å². The fraction of sp³-hybridized carbons (Fsp3) is 0.250. The predicted octanol–water partition coefficient (Wildman–Crippen LogP) is 1.91. The lowest BCUT2D eigenvalue weighted by Gasteiger charge is -2.12.